The second-order valence-electron chi connectivity index (χ2n) is 3.27. The summed E-state index contributed by atoms with van der Waals surface area (Å²) in [4.78, 5) is 2.19. The fourth-order valence-corrected chi connectivity index (χ4v) is 1.61. The van der Waals surface area contributed by atoms with Gasteiger partial charge in [0.05, 0.1) is 0 Å². The largest absolute Gasteiger partial charge is 0.348 e. The van der Waals surface area contributed by atoms with Gasteiger partial charge in [0.25, 0.3) is 0 Å². The van der Waals surface area contributed by atoms with Crippen molar-refractivity contribution >= 4 is 17.3 Å². The molecule has 68 valence electrons. The summed E-state index contributed by atoms with van der Waals surface area (Å²) >= 11 is 5.91. The summed E-state index contributed by atoms with van der Waals surface area (Å²) < 4.78 is 0. The molecule has 0 amide bonds. The van der Waals surface area contributed by atoms with E-state index in [1.165, 1.54) is 24.2 Å². The molecule has 1 aliphatic carbocycles. The molecule has 1 aliphatic rings. The molecule has 0 N–H and O–H groups in total. The average Bonchev–Trinajstić information content (AvgIpc) is 2.01. The van der Waals surface area contributed by atoms with Crippen molar-refractivity contribution in [3.63, 3.8) is 0 Å². The van der Waals surface area contributed by atoms with E-state index in [0.717, 1.165) is 5.02 Å². The summed E-state index contributed by atoms with van der Waals surface area (Å²) in [7, 11) is 2.08. The molecule has 0 radical (unpaired) electrons. The first-order chi connectivity index (χ1) is 6.27. The summed E-state index contributed by atoms with van der Waals surface area (Å²) in [5.74, 6) is 0. The minimum atomic E-state index is 0.796. The Kier molecular flexibility index (Phi) is 2.28. The molecule has 0 saturated heterocycles. The van der Waals surface area contributed by atoms with Crippen molar-refractivity contribution in [3.8, 4) is 0 Å². The Morgan fingerprint density at radius 3 is 2.69 bits per heavy atom. The van der Waals surface area contributed by atoms with Crippen LogP contribution < -0.4 is 4.90 Å². The highest BCUT2D eigenvalue weighted by molar-refractivity contribution is 6.30. The average molecular weight is 194 g/mol. The molecule has 1 aromatic carbocycles. The molecule has 2 heteroatoms. The summed E-state index contributed by atoms with van der Waals surface area (Å²) in [6, 6.07) is 7.94. The van der Waals surface area contributed by atoms with Gasteiger partial charge in [-0.25, -0.2) is 0 Å². The van der Waals surface area contributed by atoms with Crippen molar-refractivity contribution in [2.75, 3.05) is 11.9 Å². The van der Waals surface area contributed by atoms with Crippen LogP contribution in [-0.2, 0) is 0 Å². The number of anilines is 1. The Morgan fingerprint density at radius 2 is 2.15 bits per heavy atom. The molecule has 0 bridgehead atoms. The van der Waals surface area contributed by atoms with Gasteiger partial charge in [-0.1, -0.05) is 23.7 Å². The number of hydrogen-bond acceptors (Lipinski definition) is 1. The minimum absolute atomic E-state index is 0.796. The molecule has 0 fully saturated rings. The van der Waals surface area contributed by atoms with E-state index in [2.05, 4.69) is 24.1 Å². The predicted octanol–water partition coefficient (Wildman–Crippen LogP) is 3.45. The molecule has 2 rings (SSSR count). The minimum Gasteiger partial charge on any atom is -0.348 e. The number of allylic oxidation sites excluding steroid dienone is 2. The van der Waals surface area contributed by atoms with Gasteiger partial charge in [0, 0.05) is 23.5 Å². The third-order valence-corrected chi connectivity index (χ3v) is 2.64. The third kappa shape index (κ3) is 1.70. The van der Waals surface area contributed by atoms with Crippen molar-refractivity contribution in [3.05, 3.63) is 41.1 Å². The molecule has 0 unspecified atom stereocenters. The van der Waals surface area contributed by atoms with Gasteiger partial charge >= 0.3 is 0 Å². The maximum Gasteiger partial charge on any atom is 0.0426 e. The highest BCUT2D eigenvalue weighted by Crippen LogP contribution is 2.27. The first-order valence-electron chi connectivity index (χ1n) is 4.46. The molecule has 1 nitrogen and oxygen atoms in total. The van der Waals surface area contributed by atoms with Crippen LogP contribution in [0.5, 0.6) is 0 Å². The quantitative estimate of drug-likeness (QED) is 0.696. The Bertz CT molecular complexity index is 344. The summed E-state index contributed by atoms with van der Waals surface area (Å²) in [5, 5.41) is 0.796. The van der Waals surface area contributed by atoms with Gasteiger partial charge in [0.15, 0.2) is 0 Å². The molecule has 13 heavy (non-hydrogen) atoms. The third-order valence-electron chi connectivity index (χ3n) is 2.41. The predicted molar refractivity (Wildman–Crippen MR) is 57.2 cm³/mol. The molecular weight excluding hydrogens is 182 g/mol. The van der Waals surface area contributed by atoms with Crippen LogP contribution in [0.1, 0.15) is 12.8 Å². The summed E-state index contributed by atoms with van der Waals surface area (Å²) in [6.07, 6.45) is 4.64. The number of hydrogen-bond donors (Lipinski definition) is 0. The Hall–Kier alpha value is -0.950. The summed E-state index contributed by atoms with van der Waals surface area (Å²) in [5.41, 5.74) is 2.56. The number of nitrogens with zero attached hydrogens (tertiary/aromatic N) is 1. The molecule has 0 aromatic heterocycles. The van der Waals surface area contributed by atoms with Crippen molar-refractivity contribution in [1.29, 1.82) is 0 Å². The second kappa shape index (κ2) is 3.43. The van der Waals surface area contributed by atoms with E-state index in [4.69, 9.17) is 11.6 Å². The number of halogens is 1. The van der Waals surface area contributed by atoms with Crippen molar-refractivity contribution < 1.29 is 0 Å². The van der Waals surface area contributed by atoms with E-state index in [1.807, 2.05) is 18.2 Å². The molecule has 0 spiro atoms. The monoisotopic (exact) mass is 193 g/mol. The van der Waals surface area contributed by atoms with Gasteiger partial charge in [0.2, 0.25) is 0 Å². The van der Waals surface area contributed by atoms with Crippen molar-refractivity contribution in [2.45, 2.75) is 12.8 Å². The first-order valence-corrected chi connectivity index (χ1v) is 4.83. The van der Waals surface area contributed by atoms with Crippen LogP contribution >= 0.6 is 11.6 Å². The van der Waals surface area contributed by atoms with E-state index < -0.39 is 0 Å². The summed E-state index contributed by atoms with van der Waals surface area (Å²) in [6.45, 7) is 0. The molecule has 1 aromatic rings. The Labute approximate surface area is 83.6 Å². The normalized spacial score (nSPS) is 14.8. The van der Waals surface area contributed by atoms with Gasteiger partial charge in [-0.05, 0) is 31.0 Å². The topological polar surface area (TPSA) is 3.24 Å². The zero-order chi connectivity index (χ0) is 9.26. The second-order valence-corrected chi connectivity index (χ2v) is 3.71. The molecule has 0 saturated carbocycles. The fraction of sp³-hybridized carbons (Fsp3) is 0.273. The van der Waals surface area contributed by atoms with Crippen LogP contribution in [0.3, 0.4) is 0 Å². The van der Waals surface area contributed by atoms with Crippen LogP contribution in [0.2, 0.25) is 5.02 Å². The van der Waals surface area contributed by atoms with Crippen molar-refractivity contribution in [1.82, 2.24) is 0 Å². The fourth-order valence-electron chi connectivity index (χ4n) is 1.43. The zero-order valence-corrected chi connectivity index (χ0v) is 8.38. The van der Waals surface area contributed by atoms with Crippen LogP contribution in [0.25, 0.3) is 0 Å². The number of rotatable bonds is 2. The molecular formula is C11H12ClN. The first kappa shape index (κ1) is 8.64. The van der Waals surface area contributed by atoms with Crippen LogP contribution in [-0.4, -0.2) is 7.05 Å². The molecule has 0 heterocycles. The van der Waals surface area contributed by atoms with Gasteiger partial charge in [-0.15, -0.1) is 0 Å². The number of benzene rings is 1. The van der Waals surface area contributed by atoms with E-state index >= 15 is 0 Å². The van der Waals surface area contributed by atoms with E-state index in [1.54, 1.807) is 0 Å². The zero-order valence-electron chi connectivity index (χ0n) is 7.63. The molecule has 0 atom stereocenters. The lowest BCUT2D eigenvalue weighted by molar-refractivity contribution is 0.818. The van der Waals surface area contributed by atoms with Crippen LogP contribution in [0.4, 0.5) is 5.69 Å². The van der Waals surface area contributed by atoms with Gasteiger partial charge < -0.3 is 4.90 Å². The van der Waals surface area contributed by atoms with Gasteiger partial charge in [0.1, 0.15) is 0 Å². The maximum atomic E-state index is 5.91. The van der Waals surface area contributed by atoms with Gasteiger partial charge in [-0.2, -0.15) is 0 Å². The molecule has 0 aliphatic heterocycles. The van der Waals surface area contributed by atoms with E-state index in [0.29, 0.717) is 0 Å². The smallest absolute Gasteiger partial charge is 0.0426 e. The Morgan fingerprint density at radius 1 is 1.38 bits per heavy atom. The van der Waals surface area contributed by atoms with Crippen molar-refractivity contribution in [2.24, 2.45) is 0 Å². The standard InChI is InChI=1S/C11H12ClN/c1-13(10-5-3-6-10)11-7-2-4-9(12)8-11/h2,4-5,7-8H,3,6H2,1H3. The lowest BCUT2D eigenvalue weighted by Crippen LogP contribution is -2.19. The maximum absolute atomic E-state index is 5.91. The Balaban J connectivity index is 2.24. The van der Waals surface area contributed by atoms with Gasteiger partial charge in [-0.3, -0.25) is 0 Å². The highest BCUT2D eigenvalue weighted by Gasteiger charge is 2.11. The van der Waals surface area contributed by atoms with E-state index in [-0.39, 0.29) is 0 Å². The highest BCUT2D eigenvalue weighted by atomic mass is 35.5. The van der Waals surface area contributed by atoms with Crippen LogP contribution in [0, 0.1) is 0 Å². The van der Waals surface area contributed by atoms with Crippen LogP contribution in [0.15, 0.2) is 36.0 Å². The lowest BCUT2D eigenvalue weighted by Gasteiger charge is -2.27. The lowest BCUT2D eigenvalue weighted by atomic mass is 10.0. The van der Waals surface area contributed by atoms with E-state index in [9.17, 15) is 0 Å². The SMILES string of the molecule is CN(C1=CCC1)c1cccc(Cl)c1.